The molecule has 0 radical (unpaired) electrons. The van der Waals surface area contributed by atoms with E-state index in [-0.39, 0.29) is 12.2 Å². The Morgan fingerprint density at radius 2 is 2.04 bits per heavy atom. The van der Waals surface area contributed by atoms with Crippen molar-refractivity contribution in [3.8, 4) is 11.5 Å². The first-order valence-corrected chi connectivity index (χ1v) is 7.29. The molecule has 0 aliphatic heterocycles. The second-order valence-electron chi connectivity index (χ2n) is 5.03. The van der Waals surface area contributed by atoms with Gasteiger partial charge in [0.2, 0.25) is 5.75 Å². The maximum absolute atomic E-state index is 12.1. The van der Waals surface area contributed by atoms with Gasteiger partial charge in [0.05, 0.1) is 11.5 Å². The van der Waals surface area contributed by atoms with Crippen LogP contribution in [0.1, 0.15) is 28.4 Å². The minimum Gasteiger partial charge on any atom is -0.501 e. The molecule has 7 nitrogen and oxygen atoms in total. The molecule has 0 aliphatic carbocycles. The Hall–Kier alpha value is -3.09. The van der Waals surface area contributed by atoms with Crippen LogP contribution in [0.2, 0.25) is 0 Å². The van der Waals surface area contributed by atoms with Gasteiger partial charge in [-0.25, -0.2) is 4.79 Å². The summed E-state index contributed by atoms with van der Waals surface area (Å²) >= 11 is 0. The van der Waals surface area contributed by atoms with E-state index in [4.69, 9.17) is 9.47 Å². The number of rotatable bonds is 6. The Bertz CT molecular complexity index is 772. The van der Waals surface area contributed by atoms with Gasteiger partial charge >= 0.3 is 11.7 Å². The van der Waals surface area contributed by atoms with E-state index < -0.39 is 22.3 Å². The molecule has 24 heavy (non-hydrogen) atoms. The van der Waals surface area contributed by atoms with E-state index >= 15 is 0 Å². The Balaban J connectivity index is 2.11. The summed E-state index contributed by atoms with van der Waals surface area (Å²) in [5, 5.41) is 20.6. The molecule has 2 aromatic carbocycles. The number of carbonyl (C=O) groups is 1. The zero-order valence-corrected chi connectivity index (χ0v) is 13.3. The molecule has 0 fully saturated rings. The highest BCUT2D eigenvalue weighted by Gasteiger charge is 2.22. The molecule has 0 atom stereocenters. The van der Waals surface area contributed by atoms with Crippen molar-refractivity contribution in [1.29, 1.82) is 0 Å². The van der Waals surface area contributed by atoms with Gasteiger partial charge in [-0.05, 0) is 43.2 Å². The summed E-state index contributed by atoms with van der Waals surface area (Å²) in [7, 11) is 0. The second-order valence-corrected chi connectivity index (χ2v) is 5.03. The van der Waals surface area contributed by atoms with Crippen LogP contribution in [0.15, 0.2) is 36.4 Å². The Morgan fingerprint density at radius 3 is 2.67 bits per heavy atom. The van der Waals surface area contributed by atoms with Crippen LogP contribution in [-0.4, -0.2) is 22.6 Å². The molecule has 0 bridgehead atoms. The van der Waals surface area contributed by atoms with E-state index in [1.807, 2.05) is 19.9 Å². The van der Waals surface area contributed by atoms with Crippen molar-refractivity contribution >= 4 is 11.7 Å². The highest BCUT2D eigenvalue weighted by Crippen LogP contribution is 2.30. The lowest BCUT2D eigenvalue weighted by atomic mass is 10.1. The number of benzene rings is 2. The maximum atomic E-state index is 12.1. The molecule has 0 aliphatic rings. The van der Waals surface area contributed by atoms with E-state index in [0.717, 1.165) is 22.9 Å². The van der Waals surface area contributed by atoms with Crippen LogP contribution in [-0.2, 0) is 11.3 Å². The molecule has 126 valence electrons. The molecule has 0 aromatic heterocycles. The van der Waals surface area contributed by atoms with Crippen molar-refractivity contribution in [2.75, 3.05) is 6.61 Å². The topological polar surface area (TPSA) is 98.9 Å². The summed E-state index contributed by atoms with van der Waals surface area (Å²) in [6.07, 6.45) is 0. The fraction of sp³-hybridized carbons (Fsp3) is 0.235. The summed E-state index contributed by atoms with van der Waals surface area (Å²) in [6.45, 7) is 4.28. The average molecular weight is 331 g/mol. The Morgan fingerprint density at radius 1 is 1.29 bits per heavy atom. The van der Waals surface area contributed by atoms with Crippen LogP contribution in [0.5, 0.6) is 11.5 Å². The first kappa shape index (κ1) is 17.3. The van der Waals surface area contributed by atoms with E-state index in [1.54, 1.807) is 12.1 Å². The van der Waals surface area contributed by atoms with Gasteiger partial charge in [0.1, 0.15) is 17.9 Å². The molecule has 0 unspecified atom stereocenters. The van der Waals surface area contributed by atoms with Crippen molar-refractivity contribution in [2.24, 2.45) is 0 Å². The smallest absolute Gasteiger partial charge is 0.342 e. The average Bonchev–Trinajstić information content (AvgIpc) is 2.54. The van der Waals surface area contributed by atoms with Gasteiger partial charge in [-0.1, -0.05) is 12.1 Å². The number of nitrogens with zero attached hydrogens (tertiary/aromatic N) is 1. The van der Waals surface area contributed by atoms with Crippen molar-refractivity contribution in [3.63, 3.8) is 0 Å². The number of ether oxygens (including phenoxy) is 2. The van der Waals surface area contributed by atoms with Gasteiger partial charge in [-0.15, -0.1) is 0 Å². The lowest BCUT2D eigenvalue weighted by Crippen LogP contribution is -2.07. The van der Waals surface area contributed by atoms with Gasteiger partial charge in [-0.3, -0.25) is 10.1 Å². The number of nitro groups is 1. The van der Waals surface area contributed by atoms with Crippen molar-refractivity contribution in [2.45, 2.75) is 20.5 Å². The zero-order valence-electron chi connectivity index (χ0n) is 13.3. The quantitative estimate of drug-likeness (QED) is 0.495. The summed E-state index contributed by atoms with van der Waals surface area (Å²) < 4.78 is 10.5. The predicted octanol–water partition coefficient (Wildman–Crippen LogP) is 3.36. The normalized spacial score (nSPS) is 10.2. The molecular weight excluding hydrogens is 314 g/mol. The fourth-order valence-electron chi connectivity index (χ4n) is 2.15. The summed E-state index contributed by atoms with van der Waals surface area (Å²) in [5.74, 6) is -0.804. The zero-order chi connectivity index (χ0) is 17.7. The first-order chi connectivity index (χ1) is 11.4. The molecule has 0 saturated carbocycles. The number of carbonyl (C=O) groups excluding carboxylic acids is 1. The number of para-hydroxylation sites is 1. The van der Waals surface area contributed by atoms with Gasteiger partial charge in [0, 0.05) is 6.07 Å². The maximum Gasteiger partial charge on any atom is 0.342 e. The Labute approximate surface area is 138 Å². The van der Waals surface area contributed by atoms with Gasteiger partial charge in [0.25, 0.3) is 0 Å². The van der Waals surface area contributed by atoms with E-state index in [0.29, 0.717) is 6.61 Å². The summed E-state index contributed by atoms with van der Waals surface area (Å²) in [6, 6.07) is 9.08. The third-order valence-electron chi connectivity index (χ3n) is 3.42. The summed E-state index contributed by atoms with van der Waals surface area (Å²) in [4.78, 5) is 22.1. The predicted molar refractivity (Wildman–Crippen MR) is 86.2 cm³/mol. The minimum absolute atomic E-state index is 0.0147. The molecule has 0 spiro atoms. The standard InChI is InChI=1S/C17H17NO6/c1-3-23-13-8-7-12(11(2)9-13)10-24-17(20)14-5-4-6-15(16(14)19)18(21)22/h4-9,19H,3,10H2,1-2H3. The SMILES string of the molecule is CCOc1ccc(COC(=O)c2cccc([N+](=O)[O-])c2O)c(C)c1. The van der Waals surface area contributed by atoms with Gasteiger partial charge < -0.3 is 14.6 Å². The molecule has 7 heteroatoms. The van der Waals surface area contributed by atoms with E-state index in [1.165, 1.54) is 12.1 Å². The first-order valence-electron chi connectivity index (χ1n) is 7.29. The molecule has 1 N–H and O–H groups in total. The van der Waals surface area contributed by atoms with E-state index in [2.05, 4.69) is 0 Å². The van der Waals surface area contributed by atoms with Crippen LogP contribution in [0.4, 0.5) is 5.69 Å². The number of phenolic OH excluding ortho intramolecular Hbond substituents is 1. The minimum atomic E-state index is -0.829. The lowest BCUT2D eigenvalue weighted by Gasteiger charge is -2.10. The van der Waals surface area contributed by atoms with Crippen molar-refractivity contribution in [3.05, 3.63) is 63.2 Å². The third kappa shape index (κ3) is 3.81. The third-order valence-corrected chi connectivity index (χ3v) is 3.42. The molecule has 0 heterocycles. The highest BCUT2D eigenvalue weighted by molar-refractivity contribution is 5.93. The number of aromatic hydroxyl groups is 1. The number of phenols is 1. The number of hydrogen-bond donors (Lipinski definition) is 1. The largest absolute Gasteiger partial charge is 0.501 e. The lowest BCUT2D eigenvalue weighted by molar-refractivity contribution is -0.385. The highest BCUT2D eigenvalue weighted by atomic mass is 16.6. The number of esters is 1. The number of hydrogen-bond acceptors (Lipinski definition) is 6. The number of nitro benzene ring substituents is 1. The van der Waals surface area contributed by atoms with Crippen LogP contribution in [0.3, 0.4) is 0 Å². The van der Waals surface area contributed by atoms with Crippen LogP contribution >= 0.6 is 0 Å². The van der Waals surface area contributed by atoms with Crippen LogP contribution in [0, 0.1) is 17.0 Å². The molecule has 2 rings (SSSR count). The van der Waals surface area contributed by atoms with Gasteiger partial charge in [-0.2, -0.15) is 0 Å². The molecule has 2 aromatic rings. The Kier molecular flexibility index (Phi) is 5.36. The molecule has 0 amide bonds. The monoisotopic (exact) mass is 331 g/mol. The molecular formula is C17H17NO6. The second kappa shape index (κ2) is 7.45. The van der Waals surface area contributed by atoms with Crippen molar-refractivity contribution < 1.29 is 24.3 Å². The van der Waals surface area contributed by atoms with Gasteiger partial charge in [0.15, 0.2) is 0 Å². The fourth-order valence-corrected chi connectivity index (χ4v) is 2.15. The van der Waals surface area contributed by atoms with Crippen LogP contribution in [0.25, 0.3) is 0 Å². The number of aryl methyl sites for hydroxylation is 1. The molecule has 0 saturated heterocycles. The van der Waals surface area contributed by atoms with Crippen LogP contribution < -0.4 is 4.74 Å². The van der Waals surface area contributed by atoms with E-state index in [9.17, 15) is 20.0 Å². The summed E-state index contributed by atoms with van der Waals surface area (Å²) in [5.41, 5.74) is 0.878. The van der Waals surface area contributed by atoms with Crippen molar-refractivity contribution in [1.82, 2.24) is 0 Å².